The summed E-state index contributed by atoms with van der Waals surface area (Å²) in [6, 6.07) is 9.44. The lowest BCUT2D eigenvalue weighted by Crippen LogP contribution is -2.05. The van der Waals surface area contributed by atoms with Crippen LogP contribution in [-0.2, 0) is 9.53 Å². The van der Waals surface area contributed by atoms with E-state index in [4.69, 9.17) is 14.2 Å². The SMILES string of the molecule is CCCCOc1c(I)cc(/C=C2\N=C(c3cccc([N+](=O)[O-])c3)OC2=O)cc1OCC. The largest absolute Gasteiger partial charge is 0.490 e. The molecule has 0 spiro atoms. The van der Waals surface area contributed by atoms with Crippen molar-refractivity contribution < 1.29 is 23.9 Å². The summed E-state index contributed by atoms with van der Waals surface area (Å²) in [7, 11) is 0. The molecule has 0 bridgehead atoms. The number of unbranched alkanes of at least 4 members (excludes halogenated alkanes) is 1. The standard InChI is InChI=1S/C22H21IN2O6/c1-3-5-9-30-20-17(23)10-14(12-19(20)29-4-2)11-18-22(26)31-21(24-18)15-7-6-8-16(13-15)25(27)28/h6-8,10-13H,3-5,9H2,1-2H3/b18-11-. The number of rotatable bonds is 9. The Labute approximate surface area is 193 Å². The maximum atomic E-state index is 12.3. The monoisotopic (exact) mass is 536 g/mol. The Hall–Kier alpha value is -2.95. The summed E-state index contributed by atoms with van der Waals surface area (Å²) in [5.74, 6) is 0.663. The third-order valence-corrected chi connectivity index (χ3v) is 5.11. The number of carbonyl (C=O) groups excluding carboxylic acids is 1. The van der Waals surface area contributed by atoms with Crippen molar-refractivity contribution in [3.8, 4) is 11.5 Å². The number of nitro benzene ring substituents is 1. The number of carbonyl (C=O) groups is 1. The number of non-ortho nitro benzene ring substituents is 1. The fourth-order valence-corrected chi connectivity index (χ4v) is 3.62. The van der Waals surface area contributed by atoms with Gasteiger partial charge in [-0.05, 0) is 65.8 Å². The van der Waals surface area contributed by atoms with Crippen molar-refractivity contribution >= 4 is 46.2 Å². The average molecular weight is 536 g/mol. The van der Waals surface area contributed by atoms with Gasteiger partial charge in [0.05, 0.1) is 21.7 Å². The summed E-state index contributed by atoms with van der Waals surface area (Å²) < 4.78 is 17.7. The Morgan fingerprint density at radius 3 is 2.74 bits per heavy atom. The smallest absolute Gasteiger partial charge is 0.363 e. The molecule has 0 fully saturated rings. The fraction of sp³-hybridized carbons (Fsp3) is 0.273. The van der Waals surface area contributed by atoms with Gasteiger partial charge < -0.3 is 14.2 Å². The van der Waals surface area contributed by atoms with Crippen LogP contribution in [0, 0.1) is 13.7 Å². The molecule has 1 aliphatic heterocycles. The molecule has 2 aromatic rings. The van der Waals surface area contributed by atoms with Crippen molar-refractivity contribution in [3.05, 3.63) is 66.9 Å². The third kappa shape index (κ3) is 5.60. The topological polar surface area (TPSA) is 100 Å². The fourth-order valence-electron chi connectivity index (χ4n) is 2.84. The van der Waals surface area contributed by atoms with Gasteiger partial charge in [-0.2, -0.15) is 0 Å². The minimum atomic E-state index is -0.627. The van der Waals surface area contributed by atoms with Crippen LogP contribution >= 0.6 is 22.6 Å². The summed E-state index contributed by atoms with van der Waals surface area (Å²) in [6.45, 7) is 5.04. The van der Waals surface area contributed by atoms with Crippen LogP contribution < -0.4 is 9.47 Å². The van der Waals surface area contributed by atoms with E-state index >= 15 is 0 Å². The van der Waals surface area contributed by atoms with Gasteiger partial charge in [-0.15, -0.1) is 0 Å². The summed E-state index contributed by atoms with van der Waals surface area (Å²) in [4.78, 5) is 27.0. The molecule has 1 aliphatic rings. The molecule has 8 nitrogen and oxygen atoms in total. The minimum absolute atomic E-state index is 0.0270. The van der Waals surface area contributed by atoms with Crippen LogP contribution in [-0.4, -0.2) is 30.0 Å². The number of aliphatic imine (C=N–C) groups is 1. The molecule has 0 saturated carbocycles. The van der Waals surface area contributed by atoms with Gasteiger partial charge in [-0.25, -0.2) is 9.79 Å². The number of esters is 1. The van der Waals surface area contributed by atoms with Gasteiger partial charge in [0, 0.05) is 17.7 Å². The van der Waals surface area contributed by atoms with Gasteiger partial charge in [0.25, 0.3) is 5.69 Å². The number of nitrogens with zero attached hydrogens (tertiary/aromatic N) is 2. The first-order valence-electron chi connectivity index (χ1n) is 9.79. The molecule has 0 saturated heterocycles. The molecular weight excluding hydrogens is 515 g/mol. The van der Waals surface area contributed by atoms with Crippen LogP contribution in [0.4, 0.5) is 5.69 Å². The molecule has 0 N–H and O–H groups in total. The number of nitro groups is 1. The predicted octanol–water partition coefficient (Wildman–Crippen LogP) is 5.12. The molecule has 0 atom stereocenters. The molecule has 0 aliphatic carbocycles. The first-order valence-corrected chi connectivity index (χ1v) is 10.9. The maximum Gasteiger partial charge on any atom is 0.363 e. The van der Waals surface area contributed by atoms with E-state index < -0.39 is 10.9 Å². The number of ether oxygens (including phenoxy) is 3. The highest BCUT2D eigenvalue weighted by molar-refractivity contribution is 14.1. The van der Waals surface area contributed by atoms with Crippen molar-refractivity contribution in [2.45, 2.75) is 26.7 Å². The van der Waals surface area contributed by atoms with E-state index in [0.717, 1.165) is 16.4 Å². The Kier molecular flexibility index (Phi) is 7.61. The second-order valence-corrected chi connectivity index (χ2v) is 7.77. The summed E-state index contributed by atoms with van der Waals surface area (Å²) >= 11 is 2.17. The van der Waals surface area contributed by atoms with Crippen LogP contribution in [0.1, 0.15) is 37.8 Å². The molecule has 9 heteroatoms. The number of halogens is 1. The molecular formula is C22H21IN2O6. The van der Waals surface area contributed by atoms with Crippen molar-refractivity contribution in [3.63, 3.8) is 0 Å². The number of hydrogen-bond acceptors (Lipinski definition) is 7. The highest BCUT2D eigenvalue weighted by Crippen LogP contribution is 2.35. The molecule has 31 heavy (non-hydrogen) atoms. The molecule has 0 radical (unpaired) electrons. The highest BCUT2D eigenvalue weighted by atomic mass is 127. The van der Waals surface area contributed by atoms with Crippen molar-refractivity contribution in [1.29, 1.82) is 0 Å². The number of hydrogen-bond donors (Lipinski definition) is 0. The average Bonchev–Trinajstić information content (AvgIpc) is 3.10. The van der Waals surface area contributed by atoms with Crippen LogP contribution in [0.25, 0.3) is 6.08 Å². The molecule has 1 heterocycles. The first kappa shape index (κ1) is 22.7. The molecule has 0 unspecified atom stereocenters. The molecule has 2 aromatic carbocycles. The predicted molar refractivity (Wildman–Crippen MR) is 124 cm³/mol. The van der Waals surface area contributed by atoms with E-state index in [2.05, 4.69) is 34.5 Å². The Morgan fingerprint density at radius 2 is 2.03 bits per heavy atom. The Morgan fingerprint density at radius 1 is 1.23 bits per heavy atom. The van der Waals surface area contributed by atoms with E-state index in [-0.39, 0.29) is 17.3 Å². The molecule has 0 aromatic heterocycles. The molecule has 162 valence electrons. The quantitative estimate of drug-likeness (QED) is 0.110. The van der Waals surface area contributed by atoms with Gasteiger partial charge in [-0.1, -0.05) is 19.4 Å². The van der Waals surface area contributed by atoms with Crippen molar-refractivity contribution in [1.82, 2.24) is 0 Å². The van der Waals surface area contributed by atoms with Gasteiger partial charge >= 0.3 is 5.97 Å². The van der Waals surface area contributed by atoms with Gasteiger partial charge in [-0.3, -0.25) is 10.1 Å². The maximum absolute atomic E-state index is 12.3. The number of benzene rings is 2. The Balaban J connectivity index is 1.92. The summed E-state index contributed by atoms with van der Waals surface area (Å²) in [6.07, 6.45) is 3.55. The van der Waals surface area contributed by atoms with E-state index in [9.17, 15) is 14.9 Å². The first-order chi connectivity index (χ1) is 14.9. The van der Waals surface area contributed by atoms with Crippen LogP contribution in [0.2, 0.25) is 0 Å². The van der Waals surface area contributed by atoms with Crippen LogP contribution in [0.3, 0.4) is 0 Å². The third-order valence-electron chi connectivity index (χ3n) is 4.30. The second-order valence-electron chi connectivity index (χ2n) is 6.61. The van der Waals surface area contributed by atoms with E-state index in [1.807, 2.05) is 13.0 Å². The zero-order valence-corrected chi connectivity index (χ0v) is 19.2. The van der Waals surface area contributed by atoms with Crippen LogP contribution in [0.15, 0.2) is 47.1 Å². The molecule has 0 amide bonds. The Bertz CT molecular complexity index is 1060. The van der Waals surface area contributed by atoms with Crippen molar-refractivity contribution in [2.75, 3.05) is 13.2 Å². The van der Waals surface area contributed by atoms with Gasteiger partial charge in [0.1, 0.15) is 0 Å². The second kappa shape index (κ2) is 10.4. The van der Waals surface area contributed by atoms with E-state index in [0.29, 0.717) is 35.8 Å². The van der Waals surface area contributed by atoms with Gasteiger partial charge in [0.15, 0.2) is 17.2 Å². The van der Waals surface area contributed by atoms with E-state index in [1.54, 1.807) is 18.2 Å². The van der Waals surface area contributed by atoms with Crippen molar-refractivity contribution in [2.24, 2.45) is 4.99 Å². The lowest BCUT2D eigenvalue weighted by Gasteiger charge is -2.14. The summed E-state index contributed by atoms with van der Waals surface area (Å²) in [5.41, 5.74) is 1.05. The zero-order valence-electron chi connectivity index (χ0n) is 17.1. The highest BCUT2D eigenvalue weighted by Gasteiger charge is 2.25. The van der Waals surface area contributed by atoms with Crippen LogP contribution in [0.5, 0.6) is 11.5 Å². The zero-order chi connectivity index (χ0) is 22.4. The minimum Gasteiger partial charge on any atom is -0.490 e. The lowest BCUT2D eigenvalue weighted by molar-refractivity contribution is -0.384. The number of cyclic esters (lactones) is 1. The normalized spacial score (nSPS) is 14.4. The molecule has 3 rings (SSSR count). The van der Waals surface area contributed by atoms with Gasteiger partial charge in [0.2, 0.25) is 5.90 Å². The summed E-state index contributed by atoms with van der Waals surface area (Å²) in [5, 5.41) is 11.0. The van der Waals surface area contributed by atoms with E-state index in [1.165, 1.54) is 18.2 Å². The lowest BCUT2D eigenvalue weighted by atomic mass is 10.1.